The Morgan fingerprint density at radius 2 is 2.06 bits per heavy atom. The second-order valence-corrected chi connectivity index (χ2v) is 4.37. The fourth-order valence-electron chi connectivity index (χ4n) is 1.89. The molecule has 17 heavy (non-hydrogen) atoms. The Morgan fingerprint density at radius 3 is 2.65 bits per heavy atom. The molecule has 0 saturated heterocycles. The van der Waals surface area contributed by atoms with Crippen molar-refractivity contribution in [2.45, 2.75) is 34.1 Å². The summed E-state index contributed by atoms with van der Waals surface area (Å²) in [6, 6.07) is 6.48. The van der Waals surface area contributed by atoms with E-state index in [-0.39, 0.29) is 5.91 Å². The van der Waals surface area contributed by atoms with Crippen molar-refractivity contribution < 1.29 is 4.79 Å². The smallest absolute Gasteiger partial charge is 0.216 e. The molecule has 0 aliphatic heterocycles. The zero-order valence-corrected chi connectivity index (χ0v) is 11.1. The third kappa shape index (κ3) is 4.06. The number of nitrogens with one attached hydrogen (secondary N) is 1. The Kier molecular flexibility index (Phi) is 4.95. The molecular weight excluding hydrogens is 210 g/mol. The van der Waals surface area contributed by atoms with Crippen LogP contribution in [-0.4, -0.2) is 12.5 Å². The minimum Gasteiger partial charge on any atom is -0.356 e. The highest BCUT2D eigenvalue weighted by atomic mass is 16.1. The summed E-state index contributed by atoms with van der Waals surface area (Å²) >= 11 is 0. The summed E-state index contributed by atoms with van der Waals surface area (Å²) in [6.07, 6.45) is 3.00. The lowest BCUT2D eigenvalue weighted by atomic mass is 9.96. The molecule has 0 aromatic heterocycles. The number of allylic oxidation sites excluding steroid dienone is 1. The van der Waals surface area contributed by atoms with Crippen molar-refractivity contribution in [3.05, 3.63) is 41.0 Å². The predicted molar refractivity (Wildman–Crippen MR) is 72.9 cm³/mol. The number of rotatable bonds is 4. The van der Waals surface area contributed by atoms with Gasteiger partial charge in [0.2, 0.25) is 5.91 Å². The van der Waals surface area contributed by atoms with Crippen LogP contribution in [-0.2, 0) is 4.79 Å². The Labute approximate surface area is 104 Å². The first kappa shape index (κ1) is 13.5. The Bertz CT molecular complexity index is 433. The maximum atomic E-state index is 10.8. The van der Waals surface area contributed by atoms with E-state index in [1.165, 1.54) is 22.3 Å². The molecular formula is C15H21NO. The molecule has 0 bridgehead atoms. The normalized spacial score (nSPS) is 11.4. The van der Waals surface area contributed by atoms with Gasteiger partial charge in [0.25, 0.3) is 0 Å². The summed E-state index contributed by atoms with van der Waals surface area (Å²) in [5, 5.41) is 2.83. The molecule has 0 spiro atoms. The van der Waals surface area contributed by atoms with E-state index < -0.39 is 0 Å². The third-order valence-electron chi connectivity index (χ3n) is 2.86. The van der Waals surface area contributed by atoms with Crippen molar-refractivity contribution >= 4 is 11.5 Å². The van der Waals surface area contributed by atoms with Crippen LogP contribution in [0.15, 0.2) is 24.3 Å². The standard InChI is InChI=1S/C15H21NO/c1-5-14(8-9-16-13(4)17)15-10-11(2)6-7-12(15)3/h5-7,10H,8-9H2,1-4H3,(H,16,17)/b14-5-. The Hall–Kier alpha value is -1.57. The first-order valence-corrected chi connectivity index (χ1v) is 6.02. The summed E-state index contributed by atoms with van der Waals surface area (Å²) < 4.78 is 0. The van der Waals surface area contributed by atoms with Crippen molar-refractivity contribution in [3.8, 4) is 0 Å². The van der Waals surface area contributed by atoms with E-state index >= 15 is 0 Å². The topological polar surface area (TPSA) is 29.1 Å². The van der Waals surface area contributed by atoms with Crippen LogP contribution < -0.4 is 5.32 Å². The van der Waals surface area contributed by atoms with E-state index in [0.717, 1.165) is 6.42 Å². The van der Waals surface area contributed by atoms with Crippen LogP contribution in [0.2, 0.25) is 0 Å². The van der Waals surface area contributed by atoms with Gasteiger partial charge in [0.1, 0.15) is 0 Å². The monoisotopic (exact) mass is 231 g/mol. The average Bonchev–Trinajstić information content (AvgIpc) is 2.28. The molecule has 0 heterocycles. The molecule has 0 aliphatic rings. The number of hydrogen-bond acceptors (Lipinski definition) is 1. The molecule has 1 aromatic carbocycles. The maximum absolute atomic E-state index is 10.8. The fraction of sp³-hybridized carbons (Fsp3) is 0.400. The van der Waals surface area contributed by atoms with E-state index in [4.69, 9.17) is 0 Å². The Balaban J connectivity index is 2.80. The number of aryl methyl sites for hydroxylation is 2. The lowest BCUT2D eigenvalue weighted by molar-refractivity contribution is -0.118. The highest BCUT2D eigenvalue weighted by Crippen LogP contribution is 2.22. The van der Waals surface area contributed by atoms with Gasteiger partial charge in [-0.1, -0.05) is 29.8 Å². The van der Waals surface area contributed by atoms with Crippen molar-refractivity contribution in [1.29, 1.82) is 0 Å². The van der Waals surface area contributed by atoms with Gasteiger partial charge in [0, 0.05) is 13.5 Å². The molecule has 0 aliphatic carbocycles. The highest BCUT2D eigenvalue weighted by molar-refractivity contribution is 5.73. The molecule has 2 nitrogen and oxygen atoms in total. The molecule has 0 saturated carbocycles. The summed E-state index contributed by atoms with van der Waals surface area (Å²) in [7, 11) is 0. The molecule has 0 radical (unpaired) electrons. The van der Waals surface area contributed by atoms with E-state index in [0.29, 0.717) is 6.54 Å². The third-order valence-corrected chi connectivity index (χ3v) is 2.86. The summed E-state index contributed by atoms with van der Waals surface area (Å²) in [5.41, 5.74) is 5.13. The quantitative estimate of drug-likeness (QED) is 0.847. The predicted octanol–water partition coefficient (Wildman–Crippen LogP) is 3.23. The number of carbonyl (C=O) groups is 1. The van der Waals surface area contributed by atoms with Crippen molar-refractivity contribution in [1.82, 2.24) is 5.32 Å². The lowest BCUT2D eigenvalue weighted by Gasteiger charge is -2.12. The number of benzene rings is 1. The van der Waals surface area contributed by atoms with Gasteiger partial charge in [-0.2, -0.15) is 0 Å². The van der Waals surface area contributed by atoms with Crippen LogP contribution in [0.4, 0.5) is 0 Å². The highest BCUT2D eigenvalue weighted by Gasteiger charge is 2.05. The molecule has 1 amide bonds. The van der Waals surface area contributed by atoms with Crippen LogP contribution in [0.25, 0.3) is 5.57 Å². The fourth-order valence-corrected chi connectivity index (χ4v) is 1.89. The van der Waals surface area contributed by atoms with Crippen LogP contribution in [0, 0.1) is 13.8 Å². The molecule has 0 unspecified atom stereocenters. The van der Waals surface area contributed by atoms with E-state index in [2.05, 4.69) is 43.4 Å². The SMILES string of the molecule is C/C=C(/CCNC(C)=O)c1cc(C)ccc1C. The van der Waals surface area contributed by atoms with Crippen molar-refractivity contribution in [2.75, 3.05) is 6.54 Å². The number of carbonyl (C=O) groups excluding carboxylic acids is 1. The summed E-state index contributed by atoms with van der Waals surface area (Å²) in [4.78, 5) is 10.8. The van der Waals surface area contributed by atoms with Crippen molar-refractivity contribution in [2.24, 2.45) is 0 Å². The largest absolute Gasteiger partial charge is 0.356 e. The van der Waals surface area contributed by atoms with E-state index in [9.17, 15) is 4.79 Å². The summed E-state index contributed by atoms with van der Waals surface area (Å²) in [5.74, 6) is 0.0291. The van der Waals surface area contributed by atoms with Crippen LogP contribution >= 0.6 is 0 Å². The maximum Gasteiger partial charge on any atom is 0.216 e. The second-order valence-electron chi connectivity index (χ2n) is 4.37. The molecule has 0 atom stereocenters. The summed E-state index contributed by atoms with van der Waals surface area (Å²) in [6.45, 7) is 8.52. The molecule has 1 rings (SSSR count). The van der Waals surface area contributed by atoms with Crippen LogP contribution in [0.5, 0.6) is 0 Å². The van der Waals surface area contributed by atoms with Gasteiger partial charge in [-0.25, -0.2) is 0 Å². The van der Waals surface area contributed by atoms with Gasteiger partial charge in [0.15, 0.2) is 0 Å². The molecule has 92 valence electrons. The van der Waals surface area contributed by atoms with Crippen LogP contribution in [0.1, 0.15) is 37.0 Å². The first-order chi connectivity index (χ1) is 8.04. The van der Waals surface area contributed by atoms with Gasteiger partial charge >= 0.3 is 0 Å². The van der Waals surface area contributed by atoms with Gasteiger partial charge in [0.05, 0.1) is 0 Å². The van der Waals surface area contributed by atoms with E-state index in [1.807, 2.05) is 6.92 Å². The first-order valence-electron chi connectivity index (χ1n) is 6.02. The molecule has 1 N–H and O–H groups in total. The number of hydrogen-bond donors (Lipinski definition) is 1. The van der Waals surface area contributed by atoms with Crippen molar-refractivity contribution in [3.63, 3.8) is 0 Å². The minimum absolute atomic E-state index is 0.0291. The Morgan fingerprint density at radius 1 is 1.35 bits per heavy atom. The zero-order chi connectivity index (χ0) is 12.8. The average molecular weight is 231 g/mol. The lowest BCUT2D eigenvalue weighted by Crippen LogP contribution is -2.21. The molecule has 1 aromatic rings. The van der Waals surface area contributed by atoms with Gasteiger partial charge in [-0.15, -0.1) is 0 Å². The molecule has 0 fully saturated rings. The van der Waals surface area contributed by atoms with Gasteiger partial charge < -0.3 is 5.32 Å². The second kappa shape index (κ2) is 6.24. The molecule has 2 heteroatoms. The van der Waals surface area contributed by atoms with Gasteiger partial charge in [-0.05, 0) is 43.9 Å². The van der Waals surface area contributed by atoms with Crippen LogP contribution in [0.3, 0.4) is 0 Å². The zero-order valence-electron chi connectivity index (χ0n) is 11.1. The number of amides is 1. The van der Waals surface area contributed by atoms with E-state index in [1.54, 1.807) is 6.92 Å². The van der Waals surface area contributed by atoms with Gasteiger partial charge in [-0.3, -0.25) is 4.79 Å². The minimum atomic E-state index is 0.0291.